The third-order valence-corrected chi connectivity index (χ3v) is 3.67. The molecule has 3 saturated heterocycles. The minimum atomic E-state index is -0.874. The van der Waals surface area contributed by atoms with E-state index < -0.39 is 24.8 Å². The number of furan rings is 1. The summed E-state index contributed by atoms with van der Waals surface area (Å²) in [4.78, 5) is 0. The van der Waals surface area contributed by atoms with Gasteiger partial charge in [-0.15, -0.1) is 0 Å². The van der Waals surface area contributed by atoms with Gasteiger partial charge in [-0.25, -0.2) is 0 Å². The zero-order chi connectivity index (χ0) is 13.0. The second-order valence-electron chi connectivity index (χ2n) is 4.86. The van der Waals surface area contributed by atoms with Crippen LogP contribution >= 0.6 is 0 Å². The highest BCUT2D eigenvalue weighted by Gasteiger charge is 2.56. The summed E-state index contributed by atoms with van der Waals surface area (Å²) in [5.41, 5.74) is 0. The molecule has 2 bridgehead atoms. The van der Waals surface area contributed by atoms with E-state index in [0.29, 0.717) is 18.1 Å². The fraction of sp³-hybridized carbons (Fsp3) is 0.667. The molecule has 6 unspecified atom stereocenters. The van der Waals surface area contributed by atoms with Crippen molar-refractivity contribution in [1.29, 1.82) is 0 Å². The largest absolute Gasteiger partial charge is 0.458 e. The molecule has 7 heteroatoms. The highest BCUT2D eigenvalue weighted by atomic mass is 16.8. The van der Waals surface area contributed by atoms with Crippen LogP contribution in [-0.4, -0.2) is 47.5 Å². The van der Waals surface area contributed by atoms with Crippen LogP contribution in [0.4, 0.5) is 0 Å². The molecule has 19 heavy (non-hydrogen) atoms. The lowest BCUT2D eigenvalue weighted by Gasteiger charge is -2.31. The SMILES string of the molecule is OCc1ccc(C2OC3C4COC(O4)C(O)C3O2)o1. The lowest BCUT2D eigenvalue weighted by molar-refractivity contribution is -0.202. The molecule has 4 heterocycles. The van der Waals surface area contributed by atoms with E-state index in [4.69, 9.17) is 28.5 Å². The second kappa shape index (κ2) is 4.27. The highest BCUT2D eigenvalue weighted by molar-refractivity contribution is 5.10. The van der Waals surface area contributed by atoms with Gasteiger partial charge < -0.3 is 33.6 Å². The van der Waals surface area contributed by atoms with Crippen LogP contribution in [0.3, 0.4) is 0 Å². The Morgan fingerprint density at radius 2 is 2.00 bits per heavy atom. The van der Waals surface area contributed by atoms with Crippen molar-refractivity contribution in [3.63, 3.8) is 0 Å². The van der Waals surface area contributed by atoms with Gasteiger partial charge in [0.2, 0.25) is 6.29 Å². The van der Waals surface area contributed by atoms with Crippen molar-refractivity contribution < 1.29 is 33.6 Å². The summed E-state index contributed by atoms with van der Waals surface area (Å²) in [6, 6.07) is 3.35. The second-order valence-corrected chi connectivity index (χ2v) is 4.86. The molecule has 4 rings (SSSR count). The monoisotopic (exact) mass is 270 g/mol. The zero-order valence-corrected chi connectivity index (χ0v) is 9.97. The first-order chi connectivity index (χ1) is 9.26. The van der Waals surface area contributed by atoms with Crippen LogP contribution < -0.4 is 0 Å². The quantitative estimate of drug-likeness (QED) is 0.760. The maximum atomic E-state index is 10.1. The van der Waals surface area contributed by atoms with Gasteiger partial charge in [-0.1, -0.05) is 0 Å². The summed E-state index contributed by atoms with van der Waals surface area (Å²) in [7, 11) is 0. The van der Waals surface area contributed by atoms with E-state index in [2.05, 4.69) is 0 Å². The molecule has 3 fully saturated rings. The predicted octanol–water partition coefficient (Wildman–Crippen LogP) is -0.330. The van der Waals surface area contributed by atoms with Gasteiger partial charge >= 0.3 is 0 Å². The van der Waals surface area contributed by atoms with Crippen molar-refractivity contribution in [3.05, 3.63) is 23.7 Å². The van der Waals surface area contributed by atoms with Gasteiger partial charge in [-0.3, -0.25) is 0 Å². The van der Waals surface area contributed by atoms with Crippen molar-refractivity contribution in [2.45, 2.75) is 43.6 Å². The van der Waals surface area contributed by atoms with Crippen molar-refractivity contribution in [1.82, 2.24) is 0 Å². The van der Waals surface area contributed by atoms with E-state index in [1.165, 1.54) is 0 Å². The molecule has 0 amide bonds. The normalized spacial score (nSPS) is 44.5. The lowest BCUT2D eigenvalue weighted by atomic mass is 10.0. The summed E-state index contributed by atoms with van der Waals surface area (Å²) in [5, 5.41) is 19.0. The molecule has 0 aliphatic carbocycles. The Labute approximate surface area is 108 Å². The van der Waals surface area contributed by atoms with Gasteiger partial charge in [0.05, 0.1) is 6.61 Å². The Hall–Kier alpha value is -0.960. The predicted molar refractivity (Wildman–Crippen MR) is 57.7 cm³/mol. The number of rotatable bonds is 2. The summed E-state index contributed by atoms with van der Waals surface area (Å²) >= 11 is 0. The van der Waals surface area contributed by atoms with Gasteiger partial charge in [0.15, 0.2) is 12.1 Å². The molecule has 1 aromatic heterocycles. The Kier molecular flexibility index (Phi) is 2.66. The summed E-state index contributed by atoms with van der Waals surface area (Å²) in [5.74, 6) is 0.918. The first kappa shape index (κ1) is 11.8. The summed E-state index contributed by atoms with van der Waals surface area (Å²) in [6.07, 6.45) is -3.29. The first-order valence-electron chi connectivity index (χ1n) is 6.22. The van der Waals surface area contributed by atoms with Crippen LogP contribution in [0.1, 0.15) is 17.8 Å². The molecule has 0 radical (unpaired) electrons. The Morgan fingerprint density at radius 3 is 2.79 bits per heavy atom. The smallest absolute Gasteiger partial charge is 0.218 e. The Balaban J connectivity index is 1.56. The number of hydrogen-bond donors (Lipinski definition) is 2. The summed E-state index contributed by atoms with van der Waals surface area (Å²) < 4.78 is 27.6. The van der Waals surface area contributed by atoms with Gasteiger partial charge in [0, 0.05) is 0 Å². The molecule has 2 N–H and O–H groups in total. The van der Waals surface area contributed by atoms with Crippen molar-refractivity contribution in [2.75, 3.05) is 6.61 Å². The van der Waals surface area contributed by atoms with Gasteiger partial charge in [0.1, 0.15) is 36.8 Å². The van der Waals surface area contributed by atoms with Gasteiger partial charge in [0.25, 0.3) is 0 Å². The minimum absolute atomic E-state index is 0.177. The molecule has 7 nitrogen and oxygen atoms in total. The maximum Gasteiger partial charge on any atom is 0.218 e. The summed E-state index contributed by atoms with van der Waals surface area (Å²) in [6.45, 7) is 0.211. The fourth-order valence-corrected chi connectivity index (χ4v) is 2.73. The topological polar surface area (TPSA) is 90.5 Å². The molecule has 6 atom stereocenters. The number of aliphatic hydroxyl groups is 2. The first-order valence-corrected chi connectivity index (χ1v) is 6.22. The number of fused-ring (bicyclic) bond motifs is 4. The van der Waals surface area contributed by atoms with Crippen molar-refractivity contribution in [2.24, 2.45) is 0 Å². The molecular formula is C12H14O7. The third-order valence-electron chi connectivity index (χ3n) is 3.67. The lowest BCUT2D eigenvalue weighted by Crippen LogP contribution is -2.52. The Morgan fingerprint density at radius 1 is 1.16 bits per heavy atom. The van der Waals surface area contributed by atoms with Crippen molar-refractivity contribution in [3.8, 4) is 0 Å². The van der Waals surface area contributed by atoms with Gasteiger partial charge in [-0.05, 0) is 12.1 Å². The standard InChI is InChI=1S/C12H14O7/c13-3-5-1-2-6(16-5)11-18-9-7-4-15-12(17-7)8(14)10(9)19-11/h1-2,7-14H,3-4H2. The molecule has 3 aliphatic rings. The fourth-order valence-electron chi connectivity index (χ4n) is 2.73. The van der Waals surface area contributed by atoms with Crippen LogP contribution in [-0.2, 0) is 25.6 Å². The maximum absolute atomic E-state index is 10.1. The molecule has 104 valence electrons. The molecule has 1 aromatic rings. The average molecular weight is 270 g/mol. The number of ether oxygens (including phenoxy) is 4. The average Bonchev–Trinajstić information content (AvgIpc) is 3.14. The van der Waals surface area contributed by atoms with Crippen LogP contribution in [0.15, 0.2) is 16.5 Å². The van der Waals surface area contributed by atoms with Crippen molar-refractivity contribution >= 4 is 0 Å². The van der Waals surface area contributed by atoms with E-state index in [1.807, 2.05) is 0 Å². The molecule has 0 spiro atoms. The highest BCUT2D eigenvalue weighted by Crippen LogP contribution is 2.41. The molecule has 0 saturated carbocycles. The molecular weight excluding hydrogens is 256 g/mol. The van der Waals surface area contributed by atoms with E-state index in [1.54, 1.807) is 12.1 Å². The van der Waals surface area contributed by atoms with E-state index in [-0.39, 0.29) is 18.8 Å². The van der Waals surface area contributed by atoms with Crippen LogP contribution in [0.25, 0.3) is 0 Å². The number of hydrogen-bond acceptors (Lipinski definition) is 7. The van der Waals surface area contributed by atoms with E-state index >= 15 is 0 Å². The van der Waals surface area contributed by atoms with Crippen LogP contribution in [0.2, 0.25) is 0 Å². The van der Waals surface area contributed by atoms with Crippen LogP contribution in [0, 0.1) is 0 Å². The van der Waals surface area contributed by atoms with E-state index in [9.17, 15) is 5.11 Å². The minimum Gasteiger partial charge on any atom is -0.458 e. The third kappa shape index (κ3) is 1.74. The number of aliphatic hydroxyl groups excluding tert-OH is 2. The molecule has 3 aliphatic heterocycles. The Bertz CT molecular complexity index is 466. The zero-order valence-electron chi connectivity index (χ0n) is 9.97. The van der Waals surface area contributed by atoms with E-state index in [0.717, 1.165) is 0 Å². The van der Waals surface area contributed by atoms with Gasteiger partial charge in [-0.2, -0.15) is 0 Å². The molecule has 0 aromatic carbocycles. The van der Waals surface area contributed by atoms with Crippen LogP contribution in [0.5, 0.6) is 0 Å².